The van der Waals surface area contributed by atoms with Gasteiger partial charge in [0.1, 0.15) is 5.52 Å². The number of nitrogens with zero attached hydrogens (tertiary/aromatic N) is 4. The number of benzene rings is 1. The molecule has 1 unspecified atom stereocenters. The van der Waals surface area contributed by atoms with Gasteiger partial charge in [0.2, 0.25) is 5.95 Å². The van der Waals surface area contributed by atoms with Crippen molar-refractivity contribution in [1.82, 2.24) is 24.4 Å². The lowest BCUT2D eigenvalue weighted by atomic mass is 10.1. The van der Waals surface area contributed by atoms with Gasteiger partial charge in [-0.1, -0.05) is 23.7 Å². The van der Waals surface area contributed by atoms with Crippen LogP contribution in [0.25, 0.3) is 11.2 Å². The summed E-state index contributed by atoms with van der Waals surface area (Å²) in [6, 6.07) is 6.35. The molecule has 1 aliphatic rings. The molecule has 2 aromatic heterocycles. The van der Waals surface area contributed by atoms with Crippen LogP contribution in [0.15, 0.2) is 29.2 Å². The first-order chi connectivity index (χ1) is 14.5. The summed E-state index contributed by atoms with van der Waals surface area (Å²) in [5.74, 6) is 0.539. The molecule has 0 saturated carbocycles. The van der Waals surface area contributed by atoms with Crippen LogP contribution in [0.1, 0.15) is 30.4 Å². The molecule has 3 aromatic rings. The van der Waals surface area contributed by atoms with E-state index in [1.165, 1.54) is 19.4 Å². The predicted octanol–water partition coefficient (Wildman–Crippen LogP) is 3.57. The molecule has 0 aliphatic carbocycles. The lowest BCUT2D eigenvalue weighted by Gasteiger charge is -2.19. The van der Waals surface area contributed by atoms with Crippen LogP contribution in [0.5, 0.6) is 0 Å². The van der Waals surface area contributed by atoms with Crippen molar-refractivity contribution in [2.45, 2.75) is 38.8 Å². The van der Waals surface area contributed by atoms with E-state index < -0.39 is 0 Å². The van der Waals surface area contributed by atoms with E-state index in [2.05, 4.69) is 44.8 Å². The van der Waals surface area contributed by atoms with Crippen molar-refractivity contribution < 1.29 is 0 Å². The Balaban J connectivity index is 0.00000124. The minimum atomic E-state index is -0.214. The maximum Gasteiger partial charge on any atom is 0.328 e. The Bertz CT molecular complexity index is 1030. The number of likely N-dealkylation sites (tertiary alicyclic amines) is 1. The first-order valence-electron chi connectivity index (χ1n) is 10.1. The second-order valence-electron chi connectivity index (χ2n) is 7.47. The average Bonchev–Trinajstić information content (AvgIpc) is 3.28. The van der Waals surface area contributed by atoms with Gasteiger partial charge in [0.25, 0.3) is 0 Å². The van der Waals surface area contributed by atoms with Gasteiger partial charge in [-0.15, -0.1) is 0 Å². The molecule has 3 heterocycles. The van der Waals surface area contributed by atoms with Crippen molar-refractivity contribution in [1.29, 1.82) is 0 Å². The lowest BCUT2D eigenvalue weighted by molar-refractivity contribution is 0.301. The van der Waals surface area contributed by atoms with E-state index in [4.69, 9.17) is 11.6 Å². The Morgan fingerprint density at radius 1 is 1.37 bits per heavy atom. The molecule has 1 atom stereocenters. The Kier molecular flexibility index (Phi) is 7.80. The number of aryl methyl sites for hydroxylation is 1. The van der Waals surface area contributed by atoms with Crippen LogP contribution in [0.4, 0.5) is 5.95 Å². The zero-order valence-corrected chi connectivity index (χ0v) is 19.3. The molecule has 2 N–H and O–H groups in total. The van der Waals surface area contributed by atoms with Gasteiger partial charge in [0, 0.05) is 17.6 Å². The molecule has 7 nitrogen and oxygen atoms in total. The standard InChI is InChI=1S/C20H25ClN6O.CH4S/c1-13-5-3-7-16(21)15(13)12-27-18-17(24-20(27)28)11-23-19(25-18)22-9-8-14-6-4-10-26(14)2;1-2/h3,5,7,11,14H,4,6,8-10,12H2,1-2H3,(H,24,28)(H,22,23,25);2H,1H3. The second kappa shape index (κ2) is 10.3. The number of halogens is 1. The zero-order chi connectivity index (χ0) is 21.7. The second-order valence-corrected chi connectivity index (χ2v) is 7.88. The van der Waals surface area contributed by atoms with Crippen LogP contribution < -0.4 is 11.0 Å². The SMILES string of the molecule is CS.Cc1cccc(Cl)c1Cn1c(=O)[nH]c2cnc(NCCC3CCCN3C)nc21. The Morgan fingerprint density at radius 2 is 2.17 bits per heavy atom. The molecule has 30 heavy (non-hydrogen) atoms. The lowest BCUT2D eigenvalue weighted by Crippen LogP contribution is -2.27. The molecule has 4 rings (SSSR count). The highest BCUT2D eigenvalue weighted by Crippen LogP contribution is 2.22. The number of rotatable bonds is 6. The van der Waals surface area contributed by atoms with Gasteiger partial charge in [-0.3, -0.25) is 4.57 Å². The summed E-state index contributed by atoms with van der Waals surface area (Å²) < 4.78 is 1.61. The third-order valence-electron chi connectivity index (χ3n) is 5.61. The number of hydrogen-bond acceptors (Lipinski definition) is 6. The molecule has 9 heteroatoms. The average molecular weight is 449 g/mol. The molecule has 0 amide bonds. The van der Waals surface area contributed by atoms with E-state index in [-0.39, 0.29) is 5.69 Å². The van der Waals surface area contributed by atoms with Crippen molar-refractivity contribution in [2.24, 2.45) is 0 Å². The zero-order valence-electron chi connectivity index (χ0n) is 17.7. The summed E-state index contributed by atoms with van der Waals surface area (Å²) in [5.41, 5.74) is 2.95. The van der Waals surface area contributed by atoms with Crippen LogP contribution in [0, 0.1) is 6.92 Å². The predicted molar refractivity (Wildman–Crippen MR) is 127 cm³/mol. The quantitative estimate of drug-likeness (QED) is 0.502. The fourth-order valence-electron chi connectivity index (χ4n) is 3.90. The fourth-order valence-corrected chi connectivity index (χ4v) is 4.18. The van der Waals surface area contributed by atoms with Gasteiger partial charge in [0.05, 0.1) is 12.7 Å². The number of nitrogens with one attached hydrogen (secondary N) is 2. The molecule has 0 spiro atoms. The van der Waals surface area contributed by atoms with E-state index in [0.29, 0.717) is 34.7 Å². The third kappa shape index (κ3) is 4.99. The van der Waals surface area contributed by atoms with E-state index in [1.807, 2.05) is 25.1 Å². The summed E-state index contributed by atoms with van der Waals surface area (Å²) in [6.45, 7) is 4.33. The van der Waals surface area contributed by atoms with Gasteiger partial charge in [-0.25, -0.2) is 9.78 Å². The highest BCUT2D eigenvalue weighted by atomic mass is 35.5. The monoisotopic (exact) mass is 448 g/mol. The summed E-state index contributed by atoms with van der Waals surface area (Å²) in [5, 5.41) is 3.95. The maximum atomic E-state index is 12.5. The molecule has 0 bridgehead atoms. The van der Waals surface area contributed by atoms with Crippen LogP contribution in [-0.2, 0) is 6.54 Å². The van der Waals surface area contributed by atoms with Crippen molar-refractivity contribution in [3.63, 3.8) is 0 Å². The molecule has 1 aliphatic heterocycles. The number of aromatic amines is 1. The number of fused-ring (bicyclic) bond motifs is 1. The molecule has 0 radical (unpaired) electrons. The van der Waals surface area contributed by atoms with Crippen LogP contribution >= 0.6 is 24.2 Å². The molecule has 1 aromatic carbocycles. The van der Waals surface area contributed by atoms with Gasteiger partial charge in [-0.2, -0.15) is 17.6 Å². The Hall–Kier alpha value is -2.03. The molecular formula is C21H29ClN6OS. The minimum Gasteiger partial charge on any atom is -0.354 e. The Labute approximate surface area is 187 Å². The highest BCUT2D eigenvalue weighted by Gasteiger charge is 2.20. The van der Waals surface area contributed by atoms with Crippen molar-refractivity contribution in [3.8, 4) is 0 Å². The Morgan fingerprint density at radius 3 is 2.87 bits per heavy atom. The maximum absolute atomic E-state index is 12.5. The van der Waals surface area contributed by atoms with Gasteiger partial charge < -0.3 is 15.2 Å². The molecule has 1 saturated heterocycles. The third-order valence-corrected chi connectivity index (χ3v) is 5.97. The van der Waals surface area contributed by atoms with E-state index in [0.717, 1.165) is 24.1 Å². The summed E-state index contributed by atoms with van der Waals surface area (Å²) in [7, 11) is 2.18. The molecule has 162 valence electrons. The number of H-pyrrole nitrogens is 1. The number of hydrogen-bond donors (Lipinski definition) is 3. The highest BCUT2D eigenvalue weighted by molar-refractivity contribution is 7.79. The van der Waals surface area contributed by atoms with Crippen molar-refractivity contribution >= 4 is 41.3 Å². The largest absolute Gasteiger partial charge is 0.354 e. The topological polar surface area (TPSA) is 78.8 Å². The van der Waals surface area contributed by atoms with Gasteiger partial charge in [0.15, 0.2) is 5.65 Å². The molecule has 1 fully saturated rings. The van der Waals surface area contributed by atoms with Crippen LogP contribution in [0.3, 0.4) is 0 Å². The van der Waals surface area contributed by atoms with Crippen molar-refractivity contribution in [3.05, 3.63) is 51.0 Å². The van der Waals surface area contributed by atoms with Crippen LogP contribution in [-0.4, -0.2) is 56.9 Å². The first kappa shape index (κ1) is 22.7. The van der Waals surface area contributed by atoms with Crippen molar-refractivity contribution in [2.75, 3.05) is 31.7 Å². The number of aromatic nitrogens is 4. The van der Waals surface area contributed by atoms with Gasteiger partial charge in [-0.05, 0) is 63.2 Å². The summed E-state index contributed by atoms with van der Waals surface area (Å²) in [4.78, 5) is 26.6. The van der Waals surface area contributed by atoms with E-state index >= 15 is 0 Å². The number of imidazole rings is 1. The van der Waals surface area contributed by atoms with E-state index in [1.54, 1.807) is 17.0 Å². The summed E-state index contributed by atoms with van der Waals surface area (Å²) in [6.07, 6.45) is 6.91. The summed E-state index contributed by atoms with van der Waals surface area (Å²) >= 11 is 9.88. The normalized spacial score (nSPS) is 16.5. The van der Waals surface area contributed by atoms with Gasteiger partial charge >= 0.3 is 5.69 Å². The fraction of sp³-hybridized carbons (Fsp3) is 0.476. The smallest absolute Gasteiger partial charge is 0.328 e. The molecular weight excluding hydrogens is 420 g/mol. The first-order valence-corrected chi connectivity index (χ1v) is 11.4. The van der Waals surface area contributed by atoms with Crippen LogP contribution in [0.2, 0.25) is 5.02 Å². The van der Waals surface area contributed by atoms with E-state index in [9.17, 15) is 4.79 Å². The number of thiol groups is 1. The number of anilines is 1. The minimum absolute atomic E-state index is 0.214.